The van der Waals surface area contributed by atoms with Gasteiger partial charge < -0.3 is 4.57 Å². The minimum Gasteiger partial charge on any atom is -0.331 e. The van der Waals surface area contributed by atoms with E-state index >= 15 is 0 Å². The van der Waals surface area contributed by atoms with E-state index in [2.05, 4.69) is 17.1 Å². The first-order chi connectivity index (χ1) is 7.45. The van der Waals surface area contributed by atoms with E-state index in [9.17, 15) is 0 Å². The van der Waals surface area contributed by atoms with Crippen LogP contribution in [0.3, 0.4) is 0 Å². The van der Waals surface area contributed by atoms with Gasteiger partial charge in [-0.05, 0) is 38.5 Å². The Kier molecular flexibility index (Phi) is 2.23. The molecule has 82 valence electrons. The normalized spacial score (nSPS) is 11.7. The number of aromatic nitrogens is 2. The Labute approximate surface area is 95.3 Å². The Morgan fingerprint density at radius 2 is 2.06 bits per heavy atom. The molecule has 0 N–H and O–H groups in total. The lowest BCUT2D eigenvalue weighted by Crippen LogP contribution is -2.13. The molecule has 0 aliphatic rings. The molecule has 0 bridgehead atoms. The zero-order valence-corrected chi connectivity index (χ0v) is 10.1. The van der Waals surface area contributed by atoms with E-state index in [-0.39, 0.29) is 0 Å². The molecular weight excluding hydrogens is 198 g/mol. The number of rotatable bonds is 1. The third-order valence-corrected chi connectivity index (χ3v) is 3.11. The summed E-state index contributed by atoms with van der Waals surface area (Å²) in [6, 6.07) is 8.34. The first-order valence-corrected chi connectivity index (χ1v) is 5.30. The van der Waals surface area contributed by atoms with Gasteiger partial charge in [0.25, 0.3) is 0 Å². The van der Waals surface area contributed by atoms with Crippen LogP contribution >= 0.6 is 0 Å². The number of benzene rings is 1. The lowest BCUT2D eigenvalue weighted by atomic mass is 9.86. The molecule has 0 saturated heterocycles. The topological polar surface area (TPSA) is 41.6 Å². The molecule has 1 heterocycles. The predicted octanol–water partition coefficient (Wildman–Crippen LogP) is 2.68. The van der Waals surface area contributed by atoms with Gasteiger partial charge >= 0.3 is 0 Å². The Balaban J connectivity index is 2.70. The molecule has 16 heavy (non-hydrogen) atoms. The Morgan fingerprint density at radius 3 is 2.69 bits per heavy atom. The number of aryl methyl sites for hydroxylation is 2. The predicted molar refractivity (Wildman–Crippen MR) is 64.1 cm³/mol. The Bertz CT molecular complexity index is 585. The quantitative estimate of drug-likeness (QED) is 0.730. The van der Waals surface area contributed by atoms with Crippen LogP contribution in [0.15, 0.2) is 18.2 Å². The molecular formula is C13H15N3. The molecule has 0 atom stereocenters. The molecule has 0 aliphatic carbocycles. The number of hydrogen-bond donors (Lipinski definition) is 0. The number of imidazole rings is 1. The molecule has 1 aromatic heterocycles. The average molecular weight is 213 g/mol. The third kappa shape index (κ3) is 1.47. The van der Waals surface area contributed by atoms with Gasteiger partial charge in [0.2, 0.25) is 0 Å². The summed E-state index contributed by atoms with van der Waals surface area (Å²) in [5.74, 6) is 0.988. The van der Waals surface area contributed by atoms with Crippen LogP contribution in [0.25, 0.3) is 11.0 Å². The third-order valence-electron chi connectivity index (χ3n) is 3.11. The van der Waals surface area contributed by atoms with E-state index in [4.69, 9.17) is 5.26 Å². The molecule has 0 saturated carbocycles. The molecule has 0 unspecified atom stereocenters. The average Bonchev–Trinajstić information content (AvgIpc) is 2.55. The summed E-state index contributed by atoms with van der Waals surface area (Å²) in [6.45, 7) is 5.84. The highest BCUT2D eigenvalue weighted by Gasteiger charge is 2.20. The second kappa shape index (κ2) is 3.34. The van der Waals surface area contributed by atoms with Gasteiger partial charge in [0, 0.05) is 7.05 Å². The second-order valence-corrected chi connectivity index (χ2v) is 4.66. The van der Waals surface area contributed by atoms with Gasteiger partial charge in [-0.15, -0.1) is 0 Å². The van der Waals surface area contributed by atoms with Gasteiger partial charge in [-0.2, -0.15) is 5.26 Å². The van der Waals surface area contributed by atoms with Gasteiger partial charge in [-0.3, -0.25) is 0 Å². The number of nitriles is 1. The zero-order valence-electron chi connectivity index (χ0n) is 10.1. The highest BCUT2D eigenvalue weighted by atomic mass is 15.0. The number of fused-ring (bicyclic) bond motifs is 1. The van der Waals surface area contributed by atoms with Crippen molar-refractivity contribution >= 4 is 11.0 Å². The molecule has 0 aliphatic heterocycles. The molecule has 0 amide bonds. The van der Waals surface area contributed by atoms with Gasteiger partial charge in [0.15, 0.2) is 0 Å². The van der Waals surface area contributed by atoms with Crippen molar-refractivity contribution in [3.63, 3.8) is 0 Å². The van der Waals surface area contributed by atoms with E-state index in [1.54, 1.807) is 0 Å². The van der Waals surface area contributed by atoms with Gasteiger partial charge in [-0.25, -0.2) is 4.98 Å². The first-order valence-electron chi connectivity index (χ1n) is 5.30. The van der Waals surface area contributed by atoms with Crippen LogP contribution in [-0.4, -0.2) is 9.55 Å². The maximum atomic E-state index is 9.12. The minimum atomic E-state index is -0.452. The summed E-state index contributed by atoms with van der Waals surface area (Å²) < 4.78 is 2.05. The van der Waals surface area contributed by atoms with Crippen LogP contribution in [0.2, 0.25) is 0 Å². The summed E-state index contributed by atoms with van der Waals surface area (Å²) in [5.41, 5.74) is 2.65. The first kappa shape index (κ1) is 10.7. The molecule has 2 aromatic rings. The maximum absolute atomic E-state index is 9.12. The Morgan fingerprint density at radius 1 is 1.38 bits per heavy atom. The van der Waals surface area contributed by atoms with E-state index in [1.165, 1.54) is 0 Å². The Hall–Kier alpha value is -1.82. The highest BCUT2D eigenvalue weighted by Crippen LogP contribution is 2.26. The summed E-state index contributed by atoms with van der Waals surface area (Å²) in [4.78, 5) is 4.44. The van der Waals surface area contributed by atoms with Crippen molar-refractivity contribution in [3.8, 4) is 6.07 Å². The number of hydrogen-bond acceptors (Lipinski definition) is 2. The minimum absolute atomic E-state index is 0.452. The van der Waals surface area contributed by atoms with Crippen molar-refractivity contribution in [2.75, 3.05) is 0 Å². The fraction of sp³-hybridized carbons (Fsp3) is 0.385. The van der Waals surface area contributed by atoms with E-state index < -0.39 is 5.41 Å². The van der Waals surface area contributed by atoms with Gasteiger partial charge in [0.1, 0.15) is 5.82 Å². The lowest BCUT2D eigenvalue weighted by molar-refractivity contribution is 0.687. The largest absolute Gasteiger partial charge is 0.331 e. The van der Waals surface area contributed by atoms with Crippen LogP contribution < -0.4 is 0 Å². The molecule has 2 rings (SSSR count). The van der Waals surface area contributed by atoms with Crippen molar-refractivity contribution in [2.24, 2.45) is 7.05 Å². The van der Waals surface area contributed by atoms with Crippen molar-refractivity contribution in [2.45, 2.75) is 26.2 Å². The zero-order chi connectivity index (χ0) is 11.9. The molecule has 0 radical (unpaired) electrons. The van der Waals surface area contributed by atoms with Crippen LogP contribution in [0.5, 0.6) is 0 Å². The van der Waals surface area contributed by atoms with Crippen molar-refractivity contribution < 1.29 is 0 Å². The van der Waals surface area contributed by atoms with Crippen molar-refractivity contribution in [1.82, 2.24) is 9.55 Å². The monoisotopic (exact) mass is 213 g/mol. The standard InChI is InChI=1S/C13H15N3/c1-9-15-11-6-5-10(13(2,3)8-14)7-12(11)16(9)4/h5-7H,1-4H3. The SMILES string of the molecule is Cc1nc2ccc(C(C)(C)C#N)cc2n1C. The summed E-state index contributed by atoms with van der Waals surface area (Å²) >= 11 is 0. The van der Waals surface area contributed by atoms with Gasteiger partial charge in [-0.1, -0.05) is 6.07 Å². The molecule has 1 aromatic carbocycles. The summed E-state index contributed by atoms with van der Waals surface area (Å²) in [6.07, 6.45) is 0. The molecule has 0 spiro atoms. The maximum Gasteiger partial charge on any atom is 0.106 e. The van der Waals surface area contributed by atoms with Crippen LogP contribution in [0.4, 0.5) is 0 Å². The fourth-order valence-electron chi connectivity index (χ4n) is 1.76. The number of nitrogens with zero attached hydrogens (tertiary/aromatic N) is 3. The second-order valence-electron chi connectivity index (χ2n) is 4.66. The van der Waals surface area contributed by atoms with Crippen LogP contribution in [0, 0.1) is 18.3 Å². The fourth-order valence-corrected chi connectivity index (χ4v) is 1.76. The summed E-state index contributed by atoms with van der Waals surface area (Å²) in [5, 5.41) is 9.12. The van der Waals surface area contributed by atoms with E-state index in [0.29, 0.717) is 0 Å². The van der Waals surface area contributed by atoms with Crippen molar-refractivity contribution in [3.05, 3.63) is 29.6 Å². The van der Waals surface area contributed by atoms with E-state index in [0.717, 1.165) is 22.4 Å². The smallest absolute Gasteiger partial charge is 0.106 e. The van der Waals surface area contributed by atoms with Gasteiger partial charge in [0.05, 0.1) is 22.5 Å². The molecule has 3 heteroatoms. The highest BCUT2D eigenvalue weighted by molar-refractivity contribution is 5.77. The van der Waals surface area contributed by atoms with Crippen molar-refractivity contribution in [1.29, 1.82) is 5.26 Å². The van der Waals surface area contributed by atoms with Crippen LogP contribution in [-0.2, 0) is 12.5 Å². The molecule has 3 nitrogen and oxygen atoms in total. The van der Waals surface area contributed by atoms with E-state index in [1.807, 2.05) is 44.5 Å². The summed E-state index contributed by atoms with van der Waals surface area (Å²) in [7, 11) is 1.99. The molecule has 0 fully saturated rings. The lowest BCUT2D eigenvalue weighted by Gasteiger charge is -2.15. The van der Waals surface area contributed by atoms with Crippen LogP contribution in [0.1, 0.15) is 25.2 Å².